The van der Waals surface area contributed by atoms with Gasteiger partial charge in [-0.25, -0.2) is 0 Å². The first-order chi connectivity index (χ1) is 12.7. The van der Waals surface area contributed by atoms with E-state index in [0.717, 1.165) is 16.5 Å². The van der Waals surface area contributed by atoms with Crippen molar-refractivity contribution in [2.75, 3.05) is 21.3 Å². The maximum absolute atomic E-state index is 12.2. The van der Waals surface area contributed by atoms with Crippen molar-refractivity contribution in [3.05, 3.63) is 63.9 Å². The number of ether oxygens (including phenoxy) is 3. The van der Waals surface area contributed by atoms with Gasteiger partial charge >= 0.3 is 0 Å². The summed E-state index contributed by atoms with van der Waals surface area (Å²) in [4.78, 5) is 15.1. The third kappa shape index (κ3) is 3.50. The van der Waals surface area contributed by atoms with Crippen LogP contribution in [0.4, 0.5) is 0 Å². The fourth-order valence-electron chi connectivity index (χ4n) is 2.96. The van der Waals surface area contributed by atoms with E-state index < -0.39 is 0 Å². The minimum Gasteiger partial charge on any atom is -0.493 e. The zero-order valence-corrected chi connectivity index (χ0v) is 15.1. The fraction of sp³-hybridized carbons (Fsp3) is 0.250. The second kappa shape index (κ2) is 7.93. The van der Waals surface area contributed by atoms with Crippen molar-refractivity contribution < 1.29 is 14.2 Å². The molecule has 26 heavy (non-hydrogen) atoms. The lowest BCUT2D eigenvalue weighted by Gasteiger charge is -2.16. The maximum Gasteiger partial charge on any atom is 0.252 e. The van der Waals surface area contributed by atoms with Crippen molar-refractivity contribution in [3.8, 4) is 17.2 Å². The number of hydrogen-bond acceptors (Lipinski definition) is 5. The Morgan fingerprint density at radius 1 is 0.885 bits per heavy atom. The highest BCUT2D eigenvalue weighted by Crippen LogP contribution is 2.39. The molecule has 6 nitrogen and oxygen atoms in total. The number of benzene rings is 2. The largest absolute Gasteiger partial charge is 0.493 e. The Hall–Kier alpha value is -2.99. The summed E-state index contributed by atoms with van der Waals surface area (Å²) in [5.41, 5.74) is 2.35. The van der Waals surface area contributed by atoms with Gasteiger partial charge < -0.3 is 24.5 Å². The number of hydrogen-bond donors (Lipinski definition) is 2. The van der Waals surface area contributed by atoms with Gasteiger partial charge in [-0.2, -0.15) is 0 Å². The third-order valence-electron chi connectivity index (χ3n) is 4.25. The van der Waals surface area contributed by atoms with Crippen molar-refractivity contribution in [3.63, 3.8) is 0 Å². The summed E-state index contributed by atoms with van der Waals surface area (Å²) in [6, 6.07) is 13.4. The Morgan fingerprint density at radius 3 is 2.35 bits per heavy atom. The molecule has 0 atom stereocenters. The number of fused-ring (bicyclic) bond motifs is 1. The van der Waals surface area contributed by atoms with Crippen LogP contribution in [0.1, 0.15) is 11.1 Å². The molecule has 3 rings (SSSR count). The van der Waals surface area contributed by atoms with Gasteiger partial charge in [0.1, 0.15) is 0 Å². The first kappa shape index (κ1) is 17.8. The van der Waals surface area contributed by atoms with E-state index in [9.17, 15) is 4.79 Å². The molecular weight excluding hydrogens is 332 g/mol. The van der Waals surface area contributed by atoms with Crippen LogP contribution in [0, 0.1) is 0 Å². The van der Waals surface area contributed by atoms with E-state index in [4.69, 9.17) is 14.2 Å². The normalized spacial score (nSPS) is 10.7. The number of pyridine rings is 1. The molecule has 0 fully saturated rings. The van der Waals surface area contributed by atoms with E-state index in [-0.39, 0.29) is 5.56 Å². The number of aromatic nitrogens is 1. The van der Waals surface area contributed by atoms with Crippen LogP contribution in [0.25, 0.3) is 10.9 Å². The van der Waals surface area contributed by atoms with Crippen molar-refractivity contribution in [2.45, 2.75) is 13.1 Å². The summed E-state index contributed by atoms with van der Waals surface area (Å²) in [6.45, 7) is 0.966. The predicted molar refractivity (Wildman–Crippen MR) is 101 cm³/mol. The molecule has 0 aliphatic rings. The Labute approximate surface area is 151 Å². The van der Waals surface area contributed by atoms with Gasteiger partial charge in [0.2, 0.25) is 5.75 Å². The van der Waals surface area contributed by atoms with Crippen LogP contribution in [0.5, 0.6) is 17.2 Å². The average Bonchev–Trinajstić information content (AvgIpc) is 2.67. The molecule has 0 saturated carbocycles. The van der Waals surface area contributed by atoms with Crippen molar-refractivity contribution in [1.82, 2.24) is 10.3 Å². The molecule has 0 unspecified atom stereocenters. The van der Waals surface area contributed by atoms with Crippen molar-refractivity contribution in [1.29, 1.82) is 0 Å². The van der Waals surface area contributed by atoms with E-state index in [1.165, 1.54) is 0 Å². The highest BCUT2D eigenvalue weighted by atomic mass is 16.5. The molecule has 0 aliphatic carbocycles. The Balaban J connectivity index is 1.78. The standard InChI is InChI=1S/C20H22N2O4/c1-24-17-9-8-14(18(25-2)19(17)26-3)11-21-12-15-10-13-6-4-5-7-16(13)22-20(15)23/h4-10,21H,11-12H2,1-3H3,(H,22,23). The molecule has 2 N–H and O–H groups in total. The molecule has 6 heteroatoms. The Kier molecular flexibility index (Phi) is 5.43. The highest BCUT2D eigenvalue weighted by Gasteiger charge is 2.15. The van der Waals surface area contributed by atoms with Gasteiger partial charge in [-0.15, -0.1) is 0 Å². The third-order valence-corrected chi connectivity index (χ3v) is 4.25. The molecule has 0 spiro atoms. The summed E-state index contributed by atoms with van der Waals surface area (Å²) in [5, 5.41) is 4.30. The SMILES string of the molecule is COc1ccc(CNCc2cc3ccccc3[nH]c2=O)c(OC)c1OC. The van der Waals surface area contributed by atoms with Gasteiger partial charge in [-0.05, 0) is 23.6 Å². The molecule has 0 radical (unpaired) electrons. The van der Waals surface area contributed by atoms with Crippen LogP contribution < -0.4 is 25.1 Å². The first-order valence-electron chi connectivity index (χ1n) is 8.27. The predicted octanol–water partition coefficient (Wildman–Crippen LogP) is 2.84. The van der Waals surface area contributed by atoms with E-state index in [0.29, 0.717) is 35.9 Å². The van der Waals surface area contributed by atoms with Gasteiger partial charge in [0.15, 0.2) is 11.5 Å². The molecule has 0 bridgehead atoms. The molecule has 2 aromatic carbocycles. The van der Waals surface area contributed by atoms with E-state index in [2.05, 4.69) is 10.3 Å². The number of nitrogens with one attached hydrogen (secondary N) is 2. The van der Waals surface area contributed by atoms with E-state index in [1.807, 2.05) is 42.5 Å². The number of H-pyrrole nitrogens is 1. The summed E-state index contributed by atoms with van der Waals surface area (Å²) in [6.07, 6.45) is 0. The molecule has 1 aromatic heterocycles. The van der Waals surface area contributed by atoms with E-state index >= 15 is 0 Å². The van der Waals surface area contributed by atoms with Gasteiger partial charge in [0.25, 0.3) is 5.56 Å². The van der Waals surface area contributed by atoms with Crippen LogP contribution in [0.3, 0.4) is 0 Å². The summed E-state index contributed by atoms with van der Waals surface area (Å²) in [7, 11) is 4.75. The van der Waals surface area contributed by atoms with Crippen LogP contribution >= 0.6 is 0 Å². The molecule has 3 aromatic rings. The first-order valence-corrected chi connectivity index (χ1v) is 8.27. The fourth-order valence-corrected chi connectivity index (χ4v) is 2.96. The minimum absolute atomic E-state index is 0.0875. The lowest BCUT2D eigenvalue weighted by Crippen LogP contribution is -2.21. The molecule has 1 heterocycles. The number of aromatic amines is 1. The average molecular weight is 354 g/mol. The van der Waals surface area contributed by atoms with Crippen LogP contribution in [-0.4, -0.2) is 26.3 Å². The number of rotatable bonds is 7. The minimum atomic E-state index is -0.0875. The zero-order valence-electron chi connectivity index (χ0n) is 15.1. The lowest BCUT2D eigenvalue weighted by molar-refractivity contribution is 0.321. The van der Waals surface area contributed by atoms with Crippen molar-refractivity contribution in [2.24, 2.45) is 0 Å². The number of para-hydroxylation sites is 1. The lowest BCUT2D eigenvalue weighted by atomic mass is 10.1. The molecule has 0 amide bonds. The molecule has 0 saturated heterocycles. The highest BCUT2D eigenvalue weighted by molar-refractivity contribution is 5.78. The Bertz CT molecular complexity index is 966. The molecule has 0 aliphatic heterocycles. The maximum atomic E-state index is 12.2. The smallest absolute Gasteiger partial charge is 0.252 e. The van der Waals surface area contributed by atoms with Crippen LogP contribution in [-0.2, 0) is 13.1 Å². The summed E-state index contributed by atoms with van der Waals surface area (Å²) in [5.74, 6) is 1.78. The van der Waals surface area contributed by atoms with Gasteiger partial charge in [0, 0.05) is 29.7 Å². The van der Waals surface area contributed by atoms with Gasteiger partial charge in [0.05, 0.1) is 21.3 Å². The van der Waals surface area contributed by atoms with Crippen LogP contribution in [0.2, 0.25) is 0 Å². The molecular formula is C20H22N2O4. The summed E-state index contributed by atoms with van der Waals surface area (Å²) >= 11 is 0. The van der Waals surface area contributed by atoms with E-state index in [1.54, 1.807) is 21.3 Å². The quantitative estimate of drug-likeness (QED) is 0.683. The van der Waals surface area contributed by atoms with Crippen molar-refractivity contribution >= 4 is 10.9 Å². The van der Waals surface area contributed by atoms with Gasteiger partial charge in [-0.1, -0.05) is 24.3 Å². The molecule has 136 valence electrons. The Morgan fingerprint density at radius 2 is 1.62 bits per heavy atom. The number of methoxy groups -OCH3 is 3. The summed E-state index contributed by atoms with van der Waals surface area (Å²) < 4.78 is 16.2. The zero-order chi connectivity index (χ0) is 18.5. The monoisotopic (exact) mass is 354 g/mol. The second-order valence-electron chi connectivity index (χ2n) is 5.81. The topological polar surface area (TPSA) is 72.6 Å². The van der Waals surface area contributed by atoms with Gasteiger partial charge in [-0.3, -0.25) is 4.79 Å². The second-order valence-corrected chi connectivity index (χ2v) is 5.81. The van der Waals surface area contributed by atoms with Crippen LogP contribution in [0.15, 0.2) is 47.3 Å².